The first kappa shape index (κ1) is 12.9. The summed E-state index contributed by atoms with van der Waals surface area (Å²) >= 11 is 34.8. The van der Waals surface area contributed by atoms with Gasteiger partial charge in [-0.3, -0.25) is 0 Å². The summed E-state index contributed by atoms with van der Waals surface area (Å²) in [6, 6.07) is 1.48. The maximum absolute atomic E-state index is 5.97. The van der Waals surface area contributed by atoms with Crippen LogP contribution in [0.3, 0.4) is 0 Å². The van der Waals surface area contributed by atoms with E-state index in [9.17, 15) is 0 Å². The molecule has 0 bridgehead atoms. The van der Waals surface area contributed by atoms with E-state index in [0.29, 0.717) is 21.1 Å². The van der Waals surface area contributed by atoms with Crippen LogP contribution in [0.1, 0.15) is 5.82 Å². The number of nitrogens with one attached hydrogen (secondary N) is 1. The Kier molecular flexibility index (Phi) is 3.44. The standard InChI is InChI=1S/C8H2Cl6N2/c9-2-1-3(10)5-6(4(2)11)16-7(15-5)8(12,13)14/h1H,(H,15,16). The van der Waals surface area contributed by atoms with Gasteiger partial charge in [-0.2, -0.15) is 0 Å². The minimum absolute atomic E-state index is 0.138. The summed E-state index contributed by atoms with van der Waals surface area (Å²) in [5.41, 5.74) is 0.859. The third-order valence-corrected chi connectivity index (χ3v) is 3.49. The van der Waals surface area contributed by atoms with E-state index in [0.717, 1.165) is 0 Å². The van der Waals surface area contributed by atoms with Crippen LogP contribution < -0.4 is 0 Å². The van der Waals surface area contributed by atoms with Gasteiger partial charge in [-0.1, -0.05) is 69.6 Å². The number of nitrogens with zero attached hydrogens (tertiary/aromatic N) is 1. The fraction of sp³-hybridized carbons (Fsp3) is 0.125. The molecule has 0 radical (unpaired) electrons. The molecule has 2 aromatic rings. The van der Waals surface area contributed by atoms with Gasteiger partial charge in [0.2, 0.25) is 3.79 Å². The van der Waals surface area contributed by atoms with E-state index in [2.05, 4.69) is 9.97 Å². The van der Waals surface area contributed by atoms with E-state index in [-0.39, 0.29) is 10.8 Å². The van der Waals surface area contributed by atoms with Gasteiger partial charge in [0.05, 0.1) is 20.6 Å². The van der Waals surface area contributed by atoms with Crippen molar-refractivity contribution in [2.75, 3.05) is 0 Å². The zero-order valence-corrected chi connectivity index (χ0v) is 11.8. The van der Waals surface area contributed by atoms with E-state index in [1.807, 2.05) is 0 Å². The SMILES string of the molecule is Clc1cc(Cl)c2nc(C(Cl)(Cl)Cl)[nH]c2c1Cl. The highest BCUT2D eigenvalue weighted by molar-refractivity contribution is 6.66. The van der Waals surface area contributed by atoms with Gasteiger partial charge in [-0.05, 0) is 6.07 Å². The first-order valence-electron chi connectivity index (χ1n) is 3.91. The fourth-order valence-electron chi connectivity index (χ4n) is 1.20. The molecular formula is C8H2Cl6N2. The second-order valence-electron chi connectivity index (χ2n) is 2.96. The molecule has 1 heterocycles. The highest BCUT2D eigenvalue weighted by Gasteiger charge is 2.28. The molecule has 16 heavy (non-hydrogen) atoms. The number of aromatic amines is 1. The number of benzene rings is 1. The third kappa shape index (κ3) is 2.20. The van der Waals surface area contributed by atoms with Crippen molar-refractivity contribution in [2.24, 2.45) is 0 Å². The molecule has 0 spiro atoms. The number of H-pyrrole nitrogens is 1. The highest BCUT2D eigenvalue weighted by Crippen LogP contribution is 2.40. The first-order chi connectivity index (χ1) is 7.30. The van der Waals surface area contributed by atoms with Crippen molar-refractivity contribution in [1.29, 1.82) is 0 Å². The molecule has 0 aliphatic carbocycles. The average Bonchev–Trinajstić information content (AvgIpc) is 2.58. The Bertz CT molecular complexity index is 556. The normalized spacial score (nSPS) is 12.4. The van der Waals surface area contributed by atoms with Crippen LogP contribution in [0.4, 0.5) is 0 Å². The Balaban J connectivity index is 2.80. The van der Waals surface area contributed by atoms with Crippen LogP contribution in [0, 0.1) is 0 Å². The molecule has 1 aromatic carbocycles. The largest absolute Gasteiger partial charge is 0.337 e. The lowest BCUT2D eigenvalue weighted by Crippen LogP contribution is -2.02. The van der Waals surface area contributed by atoms with E-state index in [1.54, 1.807) is 0 Å². The Morgan fingerprint density at radius 1 is 1.06 bits per heavy atom. The van der Waals surface area contributed by atoms with Crippen molar-refractivity contribution in [1.82, 2.24) is 9.97 Å². The van der Waals surface area contributed by atoms with Gasteiger partial charge in [0.15, 0.2) is 5.82 Å². The number of halogens is 6. The smallest absolute Gasteiger partial charge is 0.248 e. The van der Waals surface area contributed by atoms with Gasteiger partial charge in [-0.15, -0.1) is 0 Å². The molecule has 0 aliphatic rings. The van der Waals surface area contributed by atoms with Crippen molar-refractivity contribution in [2.45, 2.75) is 3.79 Å². The lowest BCUT2D eigenvalue weighted by molar-refractivity contribution is 1.05. The Morgan fingerprint density at radius 2 is 1.69 bits per heavy atom. The lowest BCUT2D eigenvalue weighted by atomic mass is 10.3. The van der Waals surface area contributed by atoms with Crippen LogP contribution in [0.2, 0.25) is 15.1 Å². The van der Waals surface area contributed by atoms with Crippen molar-refractivity contribution >= 4 is 80.6 Å². The molecule has 8 heteroatoms. The van der Waals surface area contributed by atoms with Crippen LogP contribution in [-0.4, -0.2) is 9.97 Å². The molecule has 2 nitrogen and oxygen atoms in total. The fourth-order valence-corrected chi connectivity index (χ4v) is 2.17. The van der Waals surface area contributed by atoms with Gasteiger partial charge in [0.1, 0.15) is 5.52 Å². The summed E-state index contributed by atoms with van der Waals surface area (Å²) in [6.07, 6.45) is 0. The van der Waals surface area contributed by atoms with E-state index >= 15 is 0 Å². The lowest BCUT2D eigenvalue weighted by Gasteiger charge is -2.04. The zero-order valence-electron chi connectivity index (χ0n) is 7.29. The molecule has 2 rings (SSSR count). The number of hydrogen-bond acceptors (Lipinski definition) is 1. The summed E-state index contributed by atoms with van der Waals surface area (Å²) in [6.45, 7) is 0. The molecule has 0 saturated heterocycles. The van der Waals surface area contributed by atoms with Crippen LogP contribution in [-0.2, 0) is 3.79 Å². The highest BCUT2D eigenvalue weighted by atomic mass is 35.6. The quantitative estimate of drug-likeness (QED) is 0.509. The molecule has 0 saturated carbocycles. The maximum Gasteiger partial charge on any atom is 0.248 e. The Hall–Kier alpha value is 0.430. The molecular weight excluding hydrogens is 337 g/mol. The minimum atomic E-state index is -1.67. The molecule has 1 N–H and O–H groups in total. The van der Waals surface area contributed by atoms with Crippen LogP contribution in [0.25, 0.3) is 11.0 Å². The summed E-state index contributed by atoms with van der Waals surface area (Å²) in [4.78, 5) is 6.84. The van der Waals surface area contributed by atoms with Crippen LogP contribution in [0.5, 0.6) is 0 Å². The van der Waals surface area contributed by atoms with Gasteiger partial charge < -0.3 is 4.98 Å². The van der Waals surface area contributed by atoms with Crippen molar-refractivity contribution in [3.63, 3.8) is 0 Å². The zero-order chi connectivity index (χ0) is 12.1. The number of fused-ring (bicyclic) bond motifs is 1. The van der Waals surface area contributed by atoms with E-state index in [1.165, 1.54) is 6.07 Å². The van der Waals surface area contributed by atoms with Gasteiger partial charge in [-0.25, -0.2) is 4.98 Å². The number of aromatic nitrogens is 2. The Labute approximate surface area is 121 Å². The van der Waals surface area contributed by atoms with Crippen molar-refractivity contribution < 1.29 is 0 Å². The molecule has 0 amide bonds. The van der Waals surface area contributed by atoms with Gasteiger partial charge in [0.25, 0.3) is 0 Å². The molecule has 0 fully saturated rings. The number of rotatable bonds is 0. The van der Waals surface area contributed by atoms with Crippen LogP contribution in [0.15, 0.2) is 6.07 Å². The van der Waals surface area contributed by atoms with E-state index < -0.39 is 3.79 Å². The van der Waals surface area contributed by atoms with E-state index in [4.69, 9.17) is 69.6 Å². The average molecular weight is 339 g/mol. The van der Waals surface area contributed by atoms with Crippen molar-refractivity contribution in [3.8, 4) is 0 Å². The maximum atomic E-state index is 5.97. The van der Waals surface area contributed by atoms with Gasteiger partial charge in [0, 0.05) is 0 Å². The second-order valence-corrected chi connectivity index (χ2v) is 6.43. The molecule has 1 aromatic heterocycles. The topological polar surface area (TPSA) is 28.7 Å². The molecule has 0 aliphatic heterocycles. The third-order valence-electron chi connectivity index (χ3n) is 1.88. The van der Waals surface area contributed by atoms with Crippen LogP contribution >= 0.6 is 69.6 Å². The van der Waals surface area contributed by atoms with Crippen molar-refractivity contribution in [3.05, 3.63) is 27.0 Å². The number of imidazole rings is 1. The predicted molar refractivity (Wildman–Crippen MR) is 70.4 cm³/mol. The molecule has 0 atom stereocenters. The minimum Gasteiger partial charge on any atom is -0.337 e. The van der Waals surface area contributed by atoms with Gasteiger partial charge >= 0.3 is 0 Å². The summed E-state index contributed by atoms with van der Waals surface area (Å²) in [5, 5.41) is 0.925. The number of alkyl halides is 3. The summed E-state index contributed by atoms with van der Waals surface area (Å²) in [7, 11) is 0. The Morgan fingerprint density at radius 3 is 2.25 bits per heavy atom. The second kappa shape index (κ2) is 4.27. The summed E-state index contributed by atoms with van der Waals surface area (Å²) in [5.74, 6) is 0.138. The first-order valence-corrected chi connectivity index (χ1v) is 6.18. The number of hydrogen-bond donors (Lipinski definition) is 1. The molecule has 0 unspecified atom stereocenters. The predicted octanol–water partition coefficient (Wildman–Crippen LogP) is 5.35. The summed E-state index contributed by atoms with van der Waals surface area (Å²) < 4.78 is -1.67. The molecule has 86 valence electrons. The monoisotopic (exact) mass is 336 g/mol.